The molecule has 0 heterocycles. The van der Waals surface area contributed by atoms with Crippen LogP contribution in [-0.2, 0) is 14.5 Å². The van der Waals surface area contributed by atoms with E-state index in [9.17, 15) is 4.79 Å². The lowest BCUT2D eigenvalue weighted by Gasteiger charge is -2.21. The molecule has 0 atom stereocenters. The van der Waals surface area contributed by atoms with Crippen molar-refractivity contribution in [2.24, 2.45) is 0 Å². The van der Waals surface area contributed by atoms with E-state index in [-0.39, 0.29) is 5.60 Å². The molecule has 0 aromatic heterocycles. The molecule has 0 aliphatic rings. The lowest BCUT2D eigenvalue weighted by atomic mass is 10.1. The van der Waals surface area contributed by atoms with Gasteiger partial charge in [0.25, 0.3) is 0 Å². The summed E-state index contributed by atoms with van der Waals surface area (Å²) in [5.41, 5.74) is 0.117. The molecule has 4 nitrogen and oxygen atoms in total. The average molecular weight is 237 g/mol. The molecule has 0 bridgehead atoms. The van der Waals surface area contributed by atoms with Crippen molar-refractivity contribution in [1.29, 1.82) is 0 Å². The second kappa shape index (κ2) is 6.37. The molecule has 0 fully saturated rings. The van der Waals surface area contributed by atoms with E-state index in [1.54, 1.807) is 31.4 Å². The lowest BCUT2D eigenvalue weighted by molar-refractivity contribution is -0.218. The van der Waals surface area contributed by atoms with Crippen molar-refractivity contribution >= 4 is 5.97 Å². The second-order valence-electron chi connectivity index (χ2n) is 4.17. The molecule has 93 valence electrons. The van der Waals surface area contributed by atoms with Gasteiger partial charge in [0.05, 0.1) is 11.2 Å². The van der Waals surface area contributed by atoms with Crippen molar-refractivity contribution in [3.05, 3.63) is 42.5 Å². The van der Waals surface area contributed by atoms with Crippen LogP contribution in [0.4, 0.5) is 0 Å². The van der Waals surface area contributed by atoms with Crippen LogP contribution < -0.4 is 0 Å². The molecule has 0 aliphatic carbocycles. The Bertz CT molecular complexity index is 346. The Morgan fingerprint density at radius 2 is 1.94 bits per heavy atom. The molecule has 0 N–H and O–H groups in total. The topological polar surface area (TPSA) is 44.8 Å². The van der Waals surface area contributed by atoms with Gasteiger partial charge in [-0.2, -0.15) is 4.89 Å². The first-order chi connectivity index (χ1) is 8.05. The molecule has 0 saturated carbocycles. The Morgan fingerprint density at radius 1 is 1.29 bits per heavy atom. The molecular weight excluding hydrogens is 220 g/mol. The number of hydrogen-bond acceptors (Lipinski definition) is 4. The first-order valence-electron chi connectivity index (χ1n) is 5.35. The zero-order valence-electron chi connectivity index (χ0n) is 10.3. The maximum absolute atomic E-state index is 11.4. The predicted molar refractivity (Wildman–Crippen MR) is 62.9 cm³/mol. The van der Waals surface area contributed by atoms with Gasteiger partial charge in [0.1, 0.15) is 6.61 Å². The number of hydrogen-bond donors (Lipinski definition) is 0. The fourth-order valence-corrected chi connectivity index (χ4v) is 1.02. The fourth-order valence-electron chi connectivity index (χ4n) is 1.02. The zero-order valence-corrected chi connectivity index (χ0v) is 10.3. The monoisotopic (exact) mass is 237 g/mol. The molecule has 0 amide bonds. The molecule has 0 unspecified atom stereocenters. The standard InChI is InChI=1S/C13H17O4/c1-13(2,15-3)9-10-16-17-12(14)11-7-5-4-6-8-11/h4-8,10H,9H2,1-3H3. The smallest absolute Gasteiger partial charge is 0.373 e. The molecular formula is C13H17O4. The zero-order chi connectivity index (χ0) is 12.7. The third-order valence-corrected chi connectivity index (χ3v) is 2.33. The molecule has 0 aliphatic heterocycles. The highest BCUT2D eigenvalue weighted by Crippen LogP contribution is 2.15. The first kappa shape index (κ1) is 13.7. The van der Waals surface area contributed by atoms with Crippen LogP contribution in [0.1, 0.15) is 30.6 Å². The SMILES string of the molecule is COC(C)(C)C[CH]OOC(=O)c1ccccc1. The normalized spacial score (nSPS) is 11.2. The average Bonchev–Trinajstić information content (AvgIpc) is 2.35. The van der Waals surface area contributed by atoms with Gasteiger partial charge in [-0.3, -0.25) is 4.89 Å². The van der Waals surface area contributed by atoms with Gasteiger partial charge in [-0.05, 0) is 26.0 Å². The van der Waals surface area contributed by atoms with Gasteiger partial charge >= 0.3 is 5.97 Å². The van der Waals surface area contributed by atoms with Crippen molar-refractivity contribution in [3.8, 4) is 0 Å². The van der Waals surface area contributed by atoms with Crippen LogP contribution in [0.5, 0.6) is 0 Å². The highest BCUT2D eigenvalue weighted by molar-refractivity contribution is 5.88. The summed E-state index contributed by atoms with van der Waals surface area (Å²) in [6, 6.07) is 8.66. The quantitative estimate of drug-likeness (QED) is 0.433. The molecule has 1 radical (unpaired) electrons. The van der Waals surface area contributed by atoms with Gasteiger partial charge in [0.15, 0.2) is 0 Å². The fraction of sp³-hybridized carbons (Fsp3) is 0.385. The summed E-state index contributed by atoms with van der Waals surface area (Å²) in [6.07, 6.45) is 0.519. The highest BCUT2D eigenvalue weighted by atomic mass is 17.2. The van der Waals surface area contributed by atoms with Crippen LogP contribution in [-0.4, -0.2) is 18.7 Å². The van der Waals surface area contributed by atoms with E-state index in [0.717, 1.165) is 0 Å². The summed E-state index contributed by atoms with van der Waals surface area (Å²) in [6.45, 7) is 5.22. The van der Waals surface area contributed by atoms with Gasteiger partial charge in [0, 0.05) is 13.5 Å². The van der Waals surface area contributed by atoms with Crippen molar-refractivity contribution in [1.82, 2.24) is 0 Å². The number of rotatable bonds is 6. The second-order valence-corrected chi connectivity index (χ2v) is 4.17. The third kappa shape index (κ3) is 4.97. The lowest BCUT2D eigenvalue weighted by Crippen LogP contribution is -2.22. The number of carbonyl (C=O) groups excluding carboxylic acids is 1. The number of ether oxygens (including phenoxy) is 1. The number of carbonyl (C=O) groups is 1. The molecule has 1 aromatic rings. The Balaban J connectivity index is 2.26. The van der Waals surface area contributed by atoms with Crippen LogP contribution in [0.3, 0.4) is 0 Å². The molecule has 1 rings (SSSR count). The third-order valence-electron chi connectivity index (χ3n) is 2.33. The Hall–Kier alpha value is -1.39. The minimum absolute atomic E-state index is 0.334. The molecule has 17 heavy (non-hydrogen) atoms. The van der Waals surface area contributed by atoms with Crippen molar-refractivity contribution in [2.75, 3.05) is 7.11 Å². The van der Waals surface area contributed by atoms with E-state index >= 15 is 0 Å². The van der Waals surface area contributed by atoms with Gasteiger partial charge < -0.3 is 4.74 Å². The Morgan fingerprint density at radius 3 is 2.53 bits per heavy atom. The van der Waals surface area contributed by atoms with E-state index < -0.39 is 5.97 Å². The van der Waals surface area contributed by atoms with Crippen molar-refractivity contribution in [2.45, 2.75) is 25.9 Å². The number of benzene rings is 1. The Labute approximate surface area is 101 Å². The summed E-state index contributed by atoms with van der Waals surface area (Å²) in [5.74, 6) is -0.517. The highest BCUT2D eigenvalue weighted by Gasteiger charge is 2.17. The van der Waals surface area contributed by atoms with Crippen LogP contribution in [0.25, 0.3) is 0 Å². The summed E-state index contributed by atoms with van der Waals surface area (Å²) >= 11 is 0. The van der Waals surface area contributed by atoms with Crippen LogP contribution in [0.15, 0.2) is 30.3 Å². The molecule has 1 aromatic carbocycles. The summed E-state index contributed by atoms with van der Waals surface area (Å²) in [5, 5.41) is 0. The first-order valence-corrected chi connectivity index (χ1v) is 5.35. The van der Waals surface area contributed by atoms with E-state index in [4.69, 9.17) is 9.62 Å². The van der Waals surface area contributed by atoms with Gasteiger partial charge in [0.2, 0.25) is 0 Å². The van der Waals surface area contributed by atoms with E-state index in [0.29, 0.717) is 12.0 Å². The van der Waals surface area contributed by atoms with E-state index in [2.05, 4.69) is 4.89 Å². The molecule has 0 spiro atoms. The van der Waals surface area contributed by atoms with Crippen LogP contribution in [0.2, 0.25) is 0 Å². The maximum Gasteiger partial charge on any atom is 0.373 e. The van der Waals surface area contributed by atoms with Crippen LogP contribution in [0, 0.1) is 6.61 Å². The van der Waals surface area contributed by atoms with Crippen LogP contribution >= 0.6 is 0 Å². The van der Waals surface area contributed by atoms with E-state index in [1.807, 2.05) is 19.9 Å². The summed E-state index contributed by atoms with van der Waals surface area (Å²) < 4.78 is 5.18. The van der Waals surface area contributed by atoms with E-state index in [1.165, 1.54) is 6.61 Å². The predicted octanol–water partition coefficient (Wildman–Crippen LogP) is 2.75. The van der Waals surface area contributed by atoms with Gasteiger partial charge in [-0.1, -0.05) is 18.2 Å². The summed E-state index contributed by atoms with van der Waals surface area (Å²) in [7, 11) is 1.61. The number of methoxy groups -OCH3 is 1. The minimum atomic E-state index is -0.517. The van der Waals surface area contributed by atoms with Gasteiger partial charge in [-0.25, -0.2) is 4.79 Å². The summed E-state index contributed by atoms with van der Waals surface area (Å²) in [4.78, 5) is 20.8. The largest absolute Gasteiger partial charge is 0.379 e. The minimum Gasteiger partial charge on any atom is -0.379 e. The molecule has 4 heteroatoms. The molecule has 0 saturated heterocycles. The van der Waals surface area contributed by atoms with Crippen molar-refractivity contribution < 1.29 is 19.3 Å². The maximum atomic E-state index is 11.4. The Kier molecular flexibility index (Phi) is 5.12. The van der Waals surface area contributed by atoms with Gasteiger partial charge in [-0.15, -0.1) is 0 Å². The van der Waals surface area contributed by atoms with Crippen molar-refractivity contribution in [3.63, 3.8) is 0 Å².